The molecule has 1 saturated carbocycles. The smallest absolute Gasteiger partial charge is 0.247 e. The zero-order valence-corrected chi connectivity index (χ0v) is 12.4. The third-order valence-corrected chi connectivity index (χ3v) is 3.81. The molecular formula is C14H19BrN2O2. The molecule has 19 heavy (non-hydrogen) atoms. The molecule has 1 aliphatic rings. The van der Waals surface area contributed by atoms with E-state index in [4.69, 9.17) is 10.6 Å². The average molecular weight is 327 g/mol. The summed E-state index contributed by atoms with van der Waals surface area (Å²) in [6.45, 7) is 0. The molecule has 104 valence electrons. The summed E-state index contributed by atoms with van der Waals surface area (Å²) in [7, 11) is 0. The number of amides is 1. The van der Waals surface area contributed by atoms with Gasteiger partial charge in [0, 0.05) is 10.5 Å². The van der Waals surface area contributed by atoms with E-state index in [-0.39, 0.29) is 18.1 Å². The summed E-state index contributed by atoms with van der Waals surface area (Å²) in [6.07, 6.45) is 4.19. The maximum absolute atomic E-state index is 11.8. The van der Waals surface area contributed by atoms with Crippen LogP contribution in [0.15, 0.2) is 28.7 Å². The number of hydroxylamine groups is 1. The van der Waals surface area contributed by atoms with E-state index in [0.717, 1.165) is 35.7 Å². The zero-order valence-electron chi connectivity index (χ0n) is 10.8. The van der Waals surface area contributed by atoms with E-state index in [0.29, 0.717) is 6.42 Å². The molecule has 1 fully saturated rings. The molecule has 2 rings (SSSR count). The van der Waals surface area contributed by atoms with E-state index in [2.05, 4.69) is 21.4 Å². The number of nitrogens with one attached hydrogen (secondary N) is 1. The van der Waals surface area contributed by atoms with Crippen LogP contribution in [-0.2, 0) is 16.1 Å². The van der Waals surface area contributed by atoms with Crippen molar-refractivity contribution in [2.24, 2.45) is 5.73 Å². The van der Waals surface area contributed by atoms with Crippen LogP contribution in [0.5, 0.6) is 0 Å². The van der Waals surface area contributed by atoms with E-state index in [9.17, 15) is 4.79 Å². The highest BCUT2D eigenvalue weighted by atomic mass is 79.9. The molecule has 0 radical (unpaired) electrons. The number of nitrogens with two attached hydrogens (primary N) is 1. The Bertz CT molecular complexity index is 431. The van der Waals surface area contributed by atoms with Crippen molar-refractivity contribution in [1.29, 1.82) is 0 Å². The Hall–Kier alpha value is -0.910. The second-order valence-corrected chi connectivity index (χ2v) is 5.90. The predicted molar refractivity (Wildman–Crippen MR) is 77.3 cm³/mol. The third-order valence-electron chi connectivity index (χ3n) is 3.31. The van der Waals surface area contributed by atoms with Crippen LogP contribution in [0.4, 0.5) is 0 Å². The predicted octanol–water partition coefficient (Wildman–Crippen LogP) is 2.31. The van der Waals surface area contributed by atoms with Crippen LogP contribution in [0.1, 0.15) is 31.2 Å². The Balaban J connectivity index is 1.73. The Morgan fingerprint density at radius 3 is 2.79 bits per heavy atom. The molecule has 0 atom stereocenters. The van der Waals surface area contributed by atoms with Crippen molar-refractivity contribution in [3.63, 3.8) is 0 Å². The van der Waals surface area contributed by atoms with Gasteiger partial charge in [0.1, 0.15) is 0 Å². The van der Waals surface area contributed by atoms with E-state index < -0.39 is 0 Å². The van der Waals surface area contributed by atoms with Crippen LogP contribution in [-0.4, -0.2) is 18.1 Å². The molecule has 3 N–H and O–H groups in total. The van der Waals surface area contributed by atoms with Crippen molar-refractivity contribution < 1.29 is 9.63 Å². The van der Waals surface area contributed by atoms with Gasteiger partial charge in [-0.15, -0.1) is 0 Å². The van der Waals surface area contributed by atoms with Crippen molar-refractivity contribution in [2.75, 3.05) is 0 Å². The van der Waals surface area contributed by atoms with Crippen molar-refractivity contribution in [1.82, 2.24) is 5.48 Å². The molecule has 1 aromatic rings. The molecular weight excluding hydrogens is 308 g/mol. The van der Waals surface area contributed by atoms with Crippen molar-refractivity contribution in [2.45, 2.75) is 44.2 Å². The van der Waals surface area contributed by atoms with Crippen LogP contribution in [0, 0.1) is 0 Å². The minimum atomic E-state index is -0.118. The van der Waals surface area contributed by atoms with E-state index in [1.807, 2.05) is 24.3 Å². The van der Waals surface area contributed by atoms with Crippen LogP contribution < -0.4 is 11.2 Å². The summed E-state index contributed by atoms with van der Waals surface area (Å²) in [5.41, 5.74) is 9.32. The summed E-state index contributed by atoms with van der Waals surface area (Å²) in [4.78, 5) is 17.2. The highest BCUT2D eigenvalue weighted by molar-refractivity contribution is 9.10. The van der Waals surface area contributed by atoms with Gasteiger partial charge in [-0.05, 0) is 43.4 Å². The molecule has 0 unspecified atom stereocenters. The number of hydrogen-bond donors (Lipinski definition) is 2. The fourth-order valence-corrected chi connectivity index (χ4v) is 2.67. The van der Waals surface area contributed by atoms with Crippen LogP contribution in [0.2, 0.25) is 0 Å². The highest BCUT2D eigenvalue weighted by Crippen LogP contribution is 2.19. The molecule has 4 nitrogen and oxygen atoms in total. The van der Waals surface area contributed by atoms with Gasteiger partial charge in [0.15, 0.2) is 0 Å². The van der Waals surface area contributed by atoms with Gasteiger partial charge in [0.25, 0.3) is 0 Å². The number of carbonyl (C=O) groups is 1. The van der Waals surface area contributed by atoms with Crippen LogP contribution in [0.25, 0.3) is 0 Å². The van der Waals surface area contributed by atoms with Crippen molar-refractivity contribution in [3.05, 3.63) is 34.3 Å². The quantitative estimate of drug-likeness (QED) is 0.834. The Labute approximate surface area is 121 Å². The Morgan fingerprint density at radius 2 is 2.11 bits per heavy atom. The minimum absolute atomic E-state index is 0.103. The fraction of sp³-hybridized carbons (Fsp3) is 0.500. The second kappa shape index (κ2) is 7.03. The van der Waals surface area contributed by atoms with E-state index >= 15 is 0 Å². The first-order chi connectivity index (χ1) is 9.13. The lowest BCUT2D eigenvalue weighted by molar-refractivity contribution is -0.139. The maximum Gasteiger partial charge on any atom is 0.247 e. The van der Waals surface area contributed by atoms with Crippen LogP contribution in [0.3, 0.4) is 0 Å². The summed E-state index contributed by atoms with van der Waals surface area (Å²) in [5.74, 6) is -0.118. The average Bonchev–Trinajstić information content (AvgIpc) is 2.38. The summed E-state index contributed by atoms with van der Waals surface area (Å²) in [5, 5.41) is 0. The van der Waals surface area contributed by atoms with Gasteiger partial charge in [0.05, 0.1) is 12.5 Å². The minimum Gasteiger partial charge on any atom is -0.328 e. The molecule has 0 bridgehead atoms. The highest BCUT2D eigenvalue weighted by Gasteiger charge is 2.19. The van der Waals surface area contributed by atoms with E-state index in [1.54, 1.807) is 0 Å². The monoisotopic (exact) mass is 326 g/mol. The molecule has 0 heterocycles. The third kappa shape index (κ3) is 4.93. The first kappa shape index (κ1) is 14.5. The number of halogens is 1. The Kier molecular flexibility index (Phi) is 5.36. The summed E-state index contributed by atoms with van der Waals surface area (Å²) in [6, 6.07) is 7.99. The molecule has 0 spiro atoms. The molecule has 1 aliphatic carbocycles. The number of carbonyl (C=O) groups excluding carboxylic acids is 1. The fourth-order valence-electron chi connectivity index (χ4n) is 2.22. The van der Waals surface area contributed by atoms with Gasteiger partial charge < -0.3 is 5.73 Å². The van der Waals surface area contributed by atoms with Crippen LogP contribution >= 0.6 is 15.9 Å². The Morgan fingerprint density at radius 1 is 1.37 bits per heavy atom. The molecule has 1 aromatic carbocycles. The van der Waals surface area contributed by atoms with Crippen molar-refractivity contribution in [3.8, 4) is 0 Å². The SMILES string of the molecule is NC1CCC(ONC(=O)Cc2cccc(Br)c2)CC1. The second-order valence-electron chi connectivity index (χ2n) is 4.99. The molecule has 1 amide bonds. The van der Waals surface area contributed by atoms with Gasteiger partial charge in [-0.3, -0.25) is 9.63 Å². The summed E-state index contributed by atoms with van der Waals surface area (Å²) < 4.78 is 0.972. The number of hydrogen-bond acceptors (Lipinski definition) is 3. The first-order valence-electron chi connectivity index (χ1n) is 6.58. The topological polar surface area (TPSA) is 64.3 Å². The van der Waals surface area contributed by atoms with Crippen molar-refractivity contribution >= 4 is 21.8 Å². The zero-order chi connectivity index (χ0) is 13.7. The van der Waals surface area contributed by atoms with Gasteiger partial charge in [-0.2, -0.15) is 0 Å². The van der Waals surface area contributed by atoms with Gasteiger partial charge in [-0.1, -0.05) is 28.1 Å². The van der Waals surface area contributed by atoms with E-state index in [1.165, 1.54) is 0 Å². The molecule has 0 saturated heterocycles. The van der Waals surface area contributed by atoms with Gasteiger partial charge in [0.2, 0.25) is 5.91 Å². The lowest BCUT2D eigenvalue weighted by Crippen LogP contribution is -2.36. The lowest BCUT2D eigenvalue weighted by Gasteiger charge is -2.25. The first-order valence-corrected chi connectivity index (χ1v) is 7.37. The maximum atomic E-state index is 11.8. The number of benzene rings is 1. The number of rotatable bonds is 4. The van der Waals surface area contributed by atoms with Gasteiger partial charge in [-0.25, -0.2) is 5.48 Å². The standard InChI is InChI=1S/C14H19BrN2O2/c15-11-3-1-2-10(8-11)9-14(18)17-19-13-6-4-12(16)5-7-13/h1-3,8,12-13H,4-7,9,16H2,(H,17,18). The molecule has 5 heteroatoms. The molecule has 0 aromatic heterocycles. The van der Waals surface area contributed by atoms with Gasteiger partial charge >= 0.3 is 0 Å². The largest absolute Gasteiger partial charge is 0.328 e. The lowest BCUT2D eigenvalue weighted by atomic mass is 9.94. The summed E-state index contributed by atoms with van der Waals surface area (Å²) >= 11 is 3.38. The normalized spacial score (nSPS) is 23.1. The molecule has 0 aliphatic heterocycles.